The molecule has 1 aromatic carbocycles. The van der Waals surface area contributed by atoms with Gasteiger partial charge in [0.15, 0.2) is 10.8 Å². The highest BCUT2D eigenvalue weighted by molar-refractivity contribution is 7.18. The zero-order chi connectivity index (χ0) is 14.8. The Morgan fingerprint density at radius 2 is 2.05 bits per heavy atom. The molecule has 3 rings (SSSR count). The number of aromatic nitrogens is 5. The van der Waals surface area contributed by atoms with E-state index in [1.807, 2.05) is 42.8 Å². The maximum Gasteiger partial charge on any atom is 0.206 e. The van der Waals surface area contributed by atoms with Gasteiger partial charge in [0.05, 0.1) is 11.1 Å². The third-order valence-electron chi connectivity index (χ3n) is 3.00. The number of benzene rings is 1. The molecule has 0 aliphatic rings. The Balaban J connectivity index is 1.80. The molecule has 21 heavy (non-hydrogen) atoms. The first-order chi connectivity index (χ1) is 10.1. The molecule has 2 aromatic heterocycles. The van der Waals surface area contributed by atoms with E-state index in [9.17, 15) is 0 Å². The maximum absolute atomic E-state index is 6.17. The second kappa shape index (κ2) is 5.79. The second-order valence-corrected chi connectivity index (χ2v) is 5.94. The number of aryl methyl sites for hydroxylation is 1. The van der Waals surface area contributed by atoms with Crippen molar-refractivity contribution < 1.29 is 0 Å². The highest BCUT2D eigenvalue weighted by atomic mass is 35.5. The Labute approximate surface area is 130 Å². The van der Waals surface area contributed by atoms with E-state index in [2.05, 4.69) is 25.7 Å². The van der Waals surface area contributed by atoms with Crippen LogP contribution in [0.3, 0.4) is 0 Å². The van der Waals surface area contributed by atoms with Gasteiger partial charge in [-0.15, -0.1) is 20.4 Å². The fraction of sp³-hybridized carbons (Fsp3) is 0.231. The zero-order valence-electron chi connectivity index (χ0n) is 11.5. The van der Waals surface area contributed by atoms with Gasteiger partial charge in [0.25, 0.3) is 0 Å². The van der Waals surface area contributed by atoms with Gasteiger partial charge < -0.3 is 9.88 Å². The summed E-state index contributed by atoms with van der Waals surface area (Å²) in [5, 5.41) is 21.7. The molecule has 108 valence electrons. The van der Waals surface area contributed by atoms with Gasteiger partial charge in [-0.2, -0.15) is 0 Å². The lowest BCUT2D eigenvalue weighted by Crippen LogP contribution is -2.11. The zero-order valence-corrected chi connectivity index (χ0v) is 13.1. The van der Waals surface area contributed by atoms with Gasteiger partial charge in [-0.25, -0.2) is 0 Å². The highest BCUT2D eigenvalue weighted by Crippen LogP contribution is 2.32. The lowest BCUT2D eigenvalue weighted by Gasteiger charge is -2.10. The van der Waals surface area contributed by atoms with Crippen LogP contribution >= 0.6 is 22.9 Å². The minimum Gasteiger partial charge on any atom is -0.350 e. The molecule has 0 aliphatic carbocycles. The summed E-state index contributed by atoms with van der Waals surface area (Å²) in [6.45, 7) is 2.00. The first kappa shape index (κ1) is 14.0. The molecule has 0 unspecified atom stereocenters. The third-order valence-corrected chi connectivity index (χ3v) is 4.22. The Bertz CT molecular complexity index is 752. The van der Waals surface area contributed by atoms with E-state index in [0.29, 0.717) is 5.02 Å². The van der Waals surface area contributed by atoms with E-state index < -0.39 is 0 Å². The second-order valence-electron chi connectivity index (χ2n) is 4.56. The van der Waals surface area contributed by atoms with Gasteiger partial charge in [-0.3, -0.25) is 0 Å². The first-order valence-electron chi connectivity index (χ1n) is 6.34. The number of hydrogen-bond acceptors (Lipinski definition) is 6. The van der Waals surface area contributed by atoms with Gasteiger partial charge in [0.2, 0.25) is 5.13 Å². The van der Waals surface area contributed by atoms with Crippen LogP contribution in [0.2, 0.25) is 5.02 Å². The van der Waals surface area contributed by atoms with Crippen LogP contribution in [0.15, 0.2) is 30.6 Å². The van der Waals surface area contributed by atoms with Crippen LogP contribution in [0.4, 0.5) is 5.13 Å². The van der Waals surface area contributed by atoms with E-state index in [-0.39, 0.29) is 6.04 Å². The van der Waals surface area contributed by atoms with Crippen molar-refractivity contribution in [3.8, 4) is 10.6 Å². The summed E-state index contributed by atoms with van der Waals surface area (Å²) < 4.78 is 1.87. The third kappa shape index (κ3) is 2.88. The van der Waals surface area contributed by atoms with Crippen LogP contribution < -0.4 is 5.32 Å². The Morgan fingerprint density at radius 3 is 2.76 bits per heavy atom. The van der Waals surface area contributed by atoms with Gasteiger partial charge in [0, 0.05) is 12.6 Å². The SMILES string of the molecule is C[C@@H](Nc1nnc(-c2ccccc2Cl)s1)c1nncn1C. The molecular formula is C13H13ClN6S. The number of nitrogens with zero attached hydrogens (tertiary/aromatic N) is 5. The maximum atomic E-state index is 6.17. The summed E-state index contributed by atoms with van der Waals surface area (Å²) in [6, 6.07) is 7.58. The average molecular weight is 321 g/mol. The number of hydrogen-bond donors (Lipinski definition) is 1. The summed E-state index contributed by atoms with van der Waals surface area (Å²) in [7, 11) is 1.91. The Hall–Kier alpha value is -1.99. The number of nitrogens with one attached hydrogen (secondary N) is 1. The molecule has 1 N–H and O–H groups in total. The number of halogens is 1. The van der Waals surface area contributed by atoms with Crippen molar-refractivity contribution in [1.82, 2.24) is 25.0 Å². The summed E-state index contributed by atoms with van der Waals surface area (Å²) in [5.41, 5.74) is 0.885. The van der Waals surface area contributed by atoms with Crippen LogP contribution in [0.5, 0.6) is 0 Å². The smallest absolute Gasteiger partial charge is 0.206 e. The molecule has 0 amide bonds. The summed E-state index contributed by atoms with van der Waals surface area (Å²) in [5.74, 6) is 0.837. The lowest BCUT2D eigenvalue weighted by atomic mass is 10.2. The van der Waals surface area contributed by atoms with E-state index in [1.165, 1.54) is 11.3 Å². The molecule has 0 saturated carbocycles. The van der Waals surface area contributed by atoms with Crippen molar-refractivity contribution in [2.75, 3.05) is 5.32 Å². The fourth-order valence-corrected chi connectivity index (χ4v) is 3.11. The molecule has 0 bridgehead atoms. The monoisotopic (exact) mass is 320 g/mol. The highest BCUT2D eigenvalue weighted by Gasteiger charge is 2.15. The van der Waals surface area contributed by atoms with Gasteiger partial charge in [-0.1, -0.05) is 41.1 Å². The number of rotatable bonds is 4. The van der Waals surface area contributed by atoms with Gasteiger partial charge >= 0.3 is 0 Å². The van der Waals surface area contributed by atoms with Crippen molar-refractivity contribution in [3.05, 3.63) is 41.4 Å². The topological polar surface area (TPSA) is 68.5 Å². The van der Waals surface area contributed by atoms with Crippen LogP contribution in [0.1, 0.15) is 18.8 Å². The van der Waals surface area contributed by atoms with E-state index >= 15 is 0 Å². The summed E-state index contributed by atoms with van der Waals surface area (Å²) >= 11 is 7.63. The van der Waals surface area contributed by atoms with Crippen LogP contribution in [0, 0.1) is 0 Å². The number of anilines is 1. The molecule has 0 fully saturated rings. The van der Waals surface area contributed by atoms with E-state index in [1.54, 1.807) is 6.33 Å². The van der Waals surface area contributed by atoms with E-state index in [4.69, 9.17) is 11.6 Å². The summed E-state index contributed by atoms with van der Waals surface area (Å²) in [6.07, 6.45) is 1.67. The molecule has 0 saturated heterocycles. The lowest BCUT2D eigenvalue weighted by molar-refractivity contribution is 0.717. The molecular weight excluding hydrogens is 308 g/mol. The minimum absolute atomic E-state index is 0.00968. The largest absolute Gasteiger partial charge is 0.350 e. The molecule has 0 radical (unpaired) electrons. The minimum atomic E-state index is -0.00968. The quantitative estimate of drug-likeness (QED) is 0.799. The van der Waals surface area contributed by atoms with Crippen LogP contribution in [0.25, 0.3) is 10.6 Å². The molecule has 0 aliphatic heterocycles. The molecule has 6 nitrogen and oxygen atoms in total. The van der Waals surface area contributed by atoms with Crippen LogP contribution in [-0.4, -0.2) is 25.0 Å². The molecule has 1 atom stereocenters. The Kier molecular flexibility index (Phi) is 3.85. The van der Waals surface area contributed by atoms with Crippen LogP contribution in [-0.2, 0) is 7.05 Å². The fourth-order valence-electron chi connectivity index (χ4n) is 1.96. The van der Waals surface area contributed by atoms with Crippen molar-refractivity contribution >= 4 is 28.1 Å². The Morgan fingerprint density at radius 1 is 1.24 bits per heavy atom. The first-order valence-corrected chi connectivity index (χ1v) is 7.53. The molecule has 3 aromatic rings. The molecule has 8 heteroatoms. The van der Waals surface area contributed by atoms with Crippen molar-refractivity contribution in [3.63, 3.8) is 0 Å². The average Bonchev–Trinajstić information content (AvgIpc) is 3.08. The van der Waals surface area contributed by atoms with Gasteiger partial charge in [0.1, 0.15) is 6.33 Å². The standard InChI is InChI=1S/C13H13ClN6S/c1-8(11-17-15-7-20(11)2)16-13-19-18-12(21-13)9-5-3-4-6-10(9)14/h3-8H,1-2H3,(H,16,19)/t8-/m1/s1. The molecule has 2 heterocycles. The molecule has 0 spiro atoms. The van der Waals surface area contributed by atoms with Crippen molar-refractivity contribution in [2.45, 2.75) is 13.0 Å². The van der Waals surface area contributed by atoms with Crippen molar-refractivity contribution in [2.24, 2.45) is 7.05 Å². The summed E-state index contributed by atoms with van der Waals surface area (Å²) in [4.78, 5) is 0. The van der Waals surface area contributed by atoms with Gasteiger partial charge in [-0.05, 0) is 13.0 Å². The predicted molar refractivity (Wildman–Crippen MR) is 83.4 cm³/mol. The normalized spacial score (nSPS) is 12.3. The van der Waals surface area contributed by atoms with E-state index in [0.717, 1.165) is 21.5 Å². The van der Waals surface area contributed by atoms with Crippen molar-refractivity contribution in [1.29, 1.82) is 0 Å². The predicted octanol–water partition coefficient (Wildman–Crippen LogP) is 3.16.